The molecule has 3 rings (SSSR count). The Balaban J connectivity index is 1.99. The summed E-state index contributed by atoms with van der Waals surface area (Å²) in [5, 5.41) is 7.30. The summed E-state index contributed by atoms with van der Waals surface area (Å²) in [4.78, 5) is 17.8. The van der Waals surface area contributed by atoms with E-state index in [1.54, 1.807) is 45.2 Å². The molecule has 1 aliphatic heterocycles. The molecule has 0 saturated carbocycles. The SMILES string of the molecule is CC(C)CC(=O)Nc1ccc(-c2cnc([C@@H]3CCCCN3)s2)c(S(=O)(=O)NC(C)(C)C)c1. The molecule has 2 heterocycles. The van der Waals surface area contributed by atoms with Crippen LogP contribution in [0.25, 0.3) is 10.4 Å². The minimum Gasteiger partial charge on any atom is -0.326 e. The maximum absolute atomic E-state index is 13.3. The fourth-order valence-corrected chi connectivity index (χ4v) is 6.50. The molecule has 0 unspecified atom stereocenters. The lowest BCUT2D eigenvalue weighted by Crippen LogP contribution is -2.40. The predicted molar refractivity (Wildman–Crippen MR) is 130 cm³/mol. The van der Waals surface area contributed by atoms with Gasteiger partial charge in [0.25, 0.3) is 0 Å². The lowest BCUT2D eigenvalue weighted by atomic mass is 10.1. The highest BCUT2D eigenvalue weighted by Gasteiger charge is 2.27. The molecule has 2 aromatic rings. The number of benzene rings is 1. The van der Waals surface area contributed by atoms with Crippen LogP contribution in [0.1, 0.15) is 71.4 Å². The lowest BCUT2D eigenvalue weighted by Gasteiger charge is -2.22. The Kier molecular flexibility index (Phi) is 7.75. The van der Waals surface area contributed by atoms with Crippen LogP contribution in [0.4, 0.5) is 5.69 Å². The number of sulfonamides is 1. The Morgan fingerprint density at radius 2 is 2.03 bits per heavy atom. The third-order valence-electron chi connectivity index (χ3n) is 4.99. The average Bonchev–Trinajstić information content (AvgIpc) is 3.16. The summed E-state index contributed by atoms with van der Waals surface area (Å²) in [6.07, 6.45) is 5.48. The number of amides is 1. The molecule has 32 heavy (non-hydrogen) atoms. The summed E-state index contributed by atoms with van der Waals surface area (Å²) >= 11 is 1.52. The van der Waals surface area contributed by atoms with Crippen molar-refractivity contribution >= 4 is 33.0 Å². The zero-order valence-electron chi connectivity index (χ0n) is 19.5. The van der Waals surface area contributed by atoms with E-state index in [1.807, 2.05) is 13.8 Å². The third-order valence-corrected chi connectivity index (χ3v) is 7.93. The van der Waals surface area contributed by atoms with Crippen LogP contribution < -0.4 is 15.4 Å². The summed E-state index contributed by atoms with van der Waals surface area (Å²) < 4.78 is 29.4. The molecule has 7 nitrogen and oxygen atoms in total. The van der Waals surface area contributed by atoms with E-state index in [4.69, 9.17) is 0 Å². The van der Waals surface area contributed by atoms with Gasteiger partial charge in [0, 0.05) is 29.4 Å². The second-order valence-corrected chi connectivity index (χ2v) is 12.5. The second kappa shape index (κ2) is 9.99. The molecule has 176 valence electrons. The summed E-state index contributed by atoms with van der Waals surface area (Å²) in [7, 11) is -3.83. The lowest BCUT2D eigenvalue weighted by molar-refractivity contribution is -0.116. The Bertz CT molecular complexity index is 1050. The van der Waals surface area contributed by atoms with Crippen LogP contribution in [0.15, 0.2) is 29.3 Å². The third kappa shape index (κ3) is 6.60. The molecular weight excluding hydrogens is 444 g/mol. The van der Waals surface area contributed by atoms with E-state index in [2.05, 4.69) is 20.3 Å². The van der Waals surface area contributed by atoms with Gasteiger partial charge in [-0.3, -0.25) is 4.79 Å². The van der Waals surface area contributed by atoms with Gasteiger partial charge in [0.05, 0.1) is 15.8 Å². The number of aromatic nitrogens is 1. The van der Waals surface area contributed by atoms with Crippen LogP contribution in [-0.2, 0) is 14.8 Å². The maximum Gasteiger partial charge on any atom is 0.241 e. The second-order valence-electron chi connectivity index (χ2n) is 9.78. The van der Waals surface area contributed by atoms with Crippen LogP contribution in [0, 0.1) is 5.92 Å². The predicted octanol–water partition coefficient (Wildman–Crippen LogP) is 4.69. The van der Waals surface area contributed by atoms with E-state index in [0.29, 0.717) is 17.7 Å². The molecule has 1 aromatic carbocycles. The highest BCUT2D eigenvalue weighted by atomic mass is 32.2. The Morgan fingerprint density at radius 1 is 1.28 bits per heavy atom. The van der Waals surface area contributed by atoms with E-state index in [-0.39, 0.29) is 22.8 Å². The average molecular weight is 479 g/mol. The number of carbonyl (C=O) groups excluding carboxylic acids is 1. The fourth-order valence-electron chi connectivity index (χ4n) is 3.70. The molecule has 1 amide bonds. The standard InChI is InChI=1S/C23H34N4O3S2/c1-15(2)12-21(28)26-16-9-10-17(20(13-16)32(29,30)27-23(3,4)5)19-14-25-22(31-19)18-8-6-7-11-24-18/h9-10,13-15,18,24,27H,6-8,11-12H2,1-5H3,(H,26,28)/t18-/m0/s1. The number of hydrogen-bond acceptors (Lipinski definition) is 6. The van der Waals surface area contributed by atoms with Gasteiger partial charge in [0.15, 0.2) is 0 Å². The molecule has 3 N–H and O–H groups in total. The van der Waals surface area contributed by atoms with Crippen LogP contribution in [0.5, 0.6) is 0 Å². The summed E-state index contributed by atoms with van der Waals surface area (Å²) in [5.41, 5.74) is 0.410. The quantitative estimate of drug-likeness (QED) is 0.536. The molecule has 1 aromatic heterocycles. The van der Waals surface area contributed by atoms with E-state index >= 15 is 0 Å². The zero-order chi connectivity index (χ0) is 23.5. The molecule has 0 radical (unpaired) electrons. The zero-order valence-corrected chi connectivity index (χ0v) is 21.1. The summed E-state index contributed by atoms with van der Waals surface area (Å²) in [6, 6.07) is 5.26. The first kappa shape index (κ1) is 24.8. The highest BCUT2D eigenvalue weighted by molar-refractivity contribution is 7.89. The largest absolute Gasteiger partial charge is 0.326 e. The topological polar surface area (TPSA) is 100 Å². The Labute approximate surface area is 195 Å². The fraction of sp³-hybridized carbons (Fsp3) is 0.565. The molecule has 1 saturated heterocycles. The normalized spacial score (nSPS) is 17.5. The first-order valence-electron chi connectivity index (χ1n) is 11.1. The Morgan fingerprint density at radius 3 is 2.66 bits per heavy atom. The number of hydrogen-bond donors (Lipinski definition) is 3. The first-order chi connectivity index (χ1) is 14.9. The van der Waals surface area contributed by atoms with Crippen LogP contribution in [-0.4, -0.2) is 31.4 Å². The van der Waals surface area contributed by atoms with Gasteiger partial charge in [0.1, 0.15) is 5.01 Å². The molecule has 0 aliphatic carbocycles. The van der Waals surface area contributed by atoms with Gasteiger partial charge in [-0.25, -0.2) is 18.1 Å². The van der Waals surface area contributed by atoms with Crippen molar-refractivity contribution in [3.63, 3.8) is 0 Å². The van der Waals surface area contributed by atoms with E-state index in [1.165, 1.54) is 17.8 Å². The van der Waals surface area contributed by atoms with Gasteiger partial charge in [0.2, 0.25) is 15.9 Å². The van der Waals surface area contributed by atoms with Crippen molar-refractivity contribution in [1.29, 1.82) is 0 Å². The number of nitrogens with zero attached hydrogens (tertiary/aromatic N) is 1. The van der Waals surface area contributed by atoms with Gasteiger partial charge in [-0.2, -0.15) is 0 Å². The van der Waals surface area contributed by atoms with Gasteiger partial charge >= 0.3 is 0 Å². The minimum absolute atomic E-state index is 0.136. The van der Waals surface area contributed by atoms with Crippen molar-refractivity contribution in [3.05, 3.63) is 29.4 Å². The number of piperidine rings is 1. The number of thiazole rings is 1. The molecule has 0 bridgehead atoms. The number of carbonyl (C=O) groups is 1. The number of rotatable bonds is 7. The van der Waals surface area contributed by atoms with Crippen molar-refractivity contribution in [2.24, 2.45) is 5.92 Å². The van der Waals surface area contributed by atoms with Gasteiger partial charge in [-0.1, -0.05) is 26.3 Å². The molecular formula is C23H34N4O3S2. The molecule has 1 atom stereocenters. The van der Waals surface area contributed by atoms with E-state index < -0.39 is 15.6 Å². The van der Waals surface area contributed by atoms with E-state index in [0.717, 1.165) is 29.3 Å². The monoisotopic (exact) mass is 478 g/mol. The smallest absolute Gasteiger partial charge is 0.241 e. The van der Waals surface area contributed by atoms with Crippen molar-refractivity contribution in [2.75, 3.05) is 11.9 Å². The molecule has 1 fully saturated rings. The first-order valence-corrected chi connectivity index (χ1v) is 13.4. The van der Waals surface area contributed by atoms with E-state index in [9.17, 15) is 13.2 Å². The van der Waals surface area contributed by atoms with Crippen LogP contribution >= 0.6 is 11.3 Å². The molecule has 9 heteroatoms. The molecule has 0 spiro atoms. The number of nitrogens with one attached hydrogen (secondary N) is 3. The van der Waals surface area contributed by atoms with Crippen molar-refractivity contribution < 1.29 is 13.2 Å². The van der Waals surface area contributed by atoms with Crippen LogP contribution in [0.2, 0.25) is 0 Å². The maximum atomic E-state index is 13.3. The Hall–Kier alpha value is -1.81. The van der Waals surface area contributed by atoms with Gasteiger partial charge in [-0.15, -0.1) is 11.3 Å². The van der Waals surface area contributed by atoms with Crippen LogP contribution in [0.3, 0.4) is 0 Å². The molecule has 1 aliphatic rings. The van der Waals surface area contributed by atoms with Crippen molar-refractivity contribution in [3.8, 4) is 10.4 Å². The minimum atomic E-state index is -3.83. The van der Waals surface area contributed by atoms with Gasteiger partial charge in [-0.05, 0) is 58.2 Å². The van der Waals surface area contributed by atoms with Crippen molar-refractivity contribution in [1.82, 2.24) is 15.0 Å². The van der Waals surface area contributed by atoms with Gasteiger partial charge < -0.3 is 10.6 Å². The number of anilines is 1. The summed E-state index contributed by atoms with van der Waals surface area (Å²) in [5.74, 6) is 0.0763. The summed E-state index contributed by atoms with van der Waals surface area (Å²) in [6.45, 7) is 10.3. The highest BCUT2D eigenvalue weighted by Crippen LogP contribution is 2.37. The van der Waals surface area contributed by atoms with Crippen molar-refractivity contribution in [2.45, 2.75) is 76.8 Å².